The molecule has 1 aromatic rings. The Balaban J connectivity index is 2.30. The number of halogens is 1. The lowest BCUT2D eigenvalue weighted by molar-refractivity contribution is -0.120. The molecule has 0 atom stereocenters. The van der Waals surface area contributed by atoms with Gasteiger partial charge < -0.3 is 5.32 Å². The molecule has 0 aliphatic heterocycles. The number of hydrogen-bond acceptors (Lipinski definition) is 3. The molecule has 2 N–H and O–H groups in total. The topological polar surface area (TPSA) is 61.4 Å². The van der Waals surface area contributed by atoms with Crippen LogP contribution < -0.4 is 10.6 Å². The van der Waals surface area contributed by atoms with Crippen LogP contribution in [-0.2, 0) is 11.3 Å². The number of likely N-dealkylation sites (N-methyl/N-ethyl adjacent to an activating group) is 1. The van der Waals surface area contributed by atoms with Crippen LogP contribution in [0.4, 0.5) is 4.79 Å². The first kappa shape index (κ1) is 18.5. The van der Waals surface area contributed by atoms with E-state index in [1.165, 1.54) is 0 Å². The molecule has 6 heteroatoms. The van der Waals surface area contributed by atoms with Crippen LogP contribution in [0, 0.1) is 5.92 Å². The second-order valence-corrected chi connectivity index (χ2v) is 6.23. The summed E-state index contributed by atoms with van der Waals surface area (Å²) in [6.45, 7) is 5.45. The van der Waals surface area contributed by atoms with Crippen molar-refractivity contribution in [2.45, 2.75) is 26.8 Å². The number of nitrogens with zero attached hydrogens (tertiary/aromatic N) is 1. The van der Waals surface area contributed by atoms with Crippen molar-refractivity contribution < 1.29 is 9.59 Å². The molecule has 0 fully saturated rings. The highest BCUT2D eigenvalue weighted by Crippen LogP contribution is 2.11. The Bertz CT molecular complexity index is 506. The van der Waals surface area contributed by atoms with Gasteiger partial charge in [0.1, 0.15) is 0 Å². The molecule has 5 nitrogen and oxygen atoms in total. The normalized spacial score (nSPS) is 10.8. The van der Waals surface area contributed by atoms with Gasteiger partial charge in [-0.15, -0.1) is 0 Å². The molecule has 0 aliphatic rings. The number of carbonyl (C=O) groups is 2. The van der Waals surface area contributed by atoms with Crippen LogP contribution >= 0.6 is 11.6 Å². The summed E-state index contributed by atoms with van der Waals surface area (Å²) in [5, 5.41) is 5.66. The zero-order valence-electron chi connectivity index (χ0n) is 13.4. The van der Waals surface area contributed by atoms with Gasteiger partial charge in [0.15, 0.2) is 0 Å². The number of carbonyl (C=O) groups excluding carboxylic acids is 2. The van der Waals surface area contributed by atoms with E-state index in [0.717, 1.165) is 12.0 Å². The molecule has 0 heterocycles. The quantitative estimate of drug-likeness (QED) is 0.810. The molecule has 0 radical (unpaired) electrons. The van der Waals surface area contributed by atoms with Gasteiger partial charge in [0, 0.05) is 18.1 Å². The van der Waals surface area contributed by atoms with Crippen molar-refractivity contribution in [3.8, 4) is 0 Å². The van der Waals surface area contributed by atoms with Crippen molar-refractivity contribution in [1.29, 1.82) is 0 Å². The van der Waals surface area contributed by atoms with Crippen LogP contribution in [0.1, 0.15) is 25.8 Å². The summed E-state index contributed by atoms with van der Waals surface area (Å²) >= 11 is 5.92. The highest BCUT2D eigenvalue weighted by molar-refractivity contribution is 6.30. The highest BCUT2D eigenvalue weighted by Gasteiger charge is 2.10. The third kappa shape index (κ3) is 8.00. The van der Waals surface area contributed by atoms with E-state index in [-0.39, 0.29) is 12.5 Å². The molecule has 1 aromatic carbocycles. The smallest absolute Gasteiger partial charge is 0.321 e. The summed E-state index contributed by atoms with van der Waals surface area (Å²) in [7, 11) is 1.82. The van der Waals surface area contributed by atoms with E-state index in [4.69, 9.17) is 11.6 Å². The van der Waals surface area contributed by atoms with E-state index >= 15 is 0 Å². The molecule has 3 amide bonds. The summed E-state index contributed by atoms with van der Waals surface area (Å²) in [6, 6.07) is 7.03. The number of urea groups is 1. The Morgan fingerprint density at radius 1 is 1.32 bits per heavy atom. The van der Waals surface area contributed by atoms with Crippen molar-refractivity contribution in [1.82, 2.24) is 15.5 Å². The van der Waals surface area contributed by atoms with E-state index in [9.17, 15) is 9.59 Å². The van der Waals surface area contributed by atoms with Crippen LogP contribution in [0.15, 0.2) is 24.3 Å². The Kier molecular flexibility index (Phi) is 7.91. The fourth-order valence-corrected chi connectivity index (χ4v) is 2.15. The largest absolute Gasteiger partial charge is 0.338 e. The second kappa shape index (κ2) is 9.43. The van der Waals surface area contributed by atoms with E-state index < -0.39 is 6.03 Å². The summed E-state index contributed by atoms with van der Waals surface area (Å²) in [4.78, 5) is 25.1. The maximum Gasteiger partial charge on any atom is 0.321 e. The van der Waals surface area contributed by atoms with Gasteiger partial charge in [-0.1, -0.05) is 37.6 Å². The van der Waals surface area contributed by atoms with Gasteiger partial charge in [0.05, 0.1) is 6.54 Å². The summed E-state index contributed by atoms with van der Waals surface area (Å²) in [5.74, 6) is 0.186. The number of benzene rings is 1. The molecule has 0 spiro atoms. The third-order valence-electron chi connectivity index (χ3n) is 3.02. The molecule has 0 aliphatic carbocycles. The van der Waals surface area contributed by atoms with E-state index in [2.05, 4.69) is 24.5 Å². The first-order valence-electron chi connectivity index (χ1n) is 7.37. The Labute approximate surface area is 137 Å². The van der Waals surface area contributed by atoms with E-state index in [1.54, 1.807) is 6.07 Å². The Hall–Kier alpha value is -1.59. The Morgan fingerprint density at radius 2 is 2.05 bits per heavy atom. The van der Waals surface area contributed by atoms with Crippen LogP contribution in [0.25, 0.3) is 0 Å². The molecular weight excluding hydrogens is 302 g/mol. The fraction of sp³-hybridized carbons (Fsp3) is 0.500. The number of hydrogen-bond donors (Lipinski definition) is 2. The fourth-order valence-electron chi connectivity index (χ4n) is 1.93. The number of imide groups is 1. The maximum absolute atomic E-state index is 11.8. The number of rotatable bonds is 7. The first-order valence-corrected chi connectivity index (χ1v) is 7.75. The average Bonchev–Trinajstić information content (AvgIpc) is 2.37. The standard InChI is InChI=1S/C16H24ClN3O2/c1-12(2)7-8-18-16(22)19-15(21)11-20(3)10-13-5-4-6-14(17)9-13/h4-6,9,12H,7-8,10-11H2,1-3H3,(H2,18,19,21,22). The predicted molar refractivity (Wildman–Crippen MR) is 88.8 cm³/mol. The summed E-state index contributed by atoms with van der Waals surface area (Å²) in [6.07, 6.45) is 0.885. The van der Waals surface area contributed by atoms with Gasteiger partial charge in [-0.05, 0) is 37.1 Å². The van der Waals surface area contributed by atoms with Gasteiger partial charge in [0.2, 0.25) is 5.91 Å². The van der Waals surface area contributed by atoms with Crippen molar-refractivity contribution in [2.24, 2.45) is 5.92 Å². The second-order valence-electron chi connectivity index (χ2n) is 5.79. The van der Waals surface area contributed by atoms with Crippen molar-refractivity contribution in [3.63, 3.8) is 0 Å². The SMILES string of the molecule is CC(C)CCNC(=O)NC(=O)CN(C)Cc1cccc(Cl)c1. The molecule has 122 valence electrons. The lowest BCUT2D eigenvalue weighted by Gasteiger charge is -2.16. The molecule has 0 saturated carbocycles. The first-order chi connectivity index (χ1) is 10.4. The zero-order valence-corrected chi connectivity index (χ0v) is 14.1. The monoisotopic (exact) mass is 325 g/mol. The molecule has 0 saturated heterocycles. The van der Waals surface area contributed by atoms with Gasteiger partial charge in [0.25, 0.3) is 0 Å². The van der Waals surface area contributed by atoms with E-state index in [1.807, 2.05) is 30.1 Å². The van der Waals surface area contributed by atoms with Crippen molar-refractivity contribution >= 4 is 23.5 Å². The van der Waals surface area contributed by atoms with Gasteiger partial charge in [-0.2, -0.15) is 0 Å². The minimum atomic E-state index is -0.443. The average molecular weight is 326 g/mol. The molecule has 0 unspecified atom stereocenters. The maximum atomic E-state index is 11.8. The lowest BCUT2D eigenvalue weighted by Crippen LogP contribution is -2.44. The predicted octanol–water partition coefficient (Wildman–Crippen LogP) is 2.64. The molecule has 0 bridgehead atoms. The number of amides is 3. The van der Waals surface area contributed by atoms with Crippen molar-refractivity contribution in [2.75, 3.05) is 20.1 Å². The molecule has 0 aromatic heterocycles. The van der Waals surface area contributed by atoms with Gasteiger partial charge in [-0.25, -0.2) is 4.79 Å². The molecule has 22 heavy (non-hydrogen) atoms. The van der Waals surface area contributed by atoms with Crippen molar-refractivity contribution in [3.05, 3.63) is 34.9 Å². The Morgan fingerprint density at radius 3 is 2.68 bits per heavy atom. The van der Waals surface area contributed by atoms with Crippen LogP contribution in [-0.4, -0.2) is 37.0 Å². The molecule has 1 rings (SSSR count). The summed E-state index contributed by atoms with van der Waals surface area (Å²) in [5.41, 5.74) is 1.02. The minimum Gasteiger partial charge on any atom is -0.338 e. The van der Waals surface area contributed by atoms with Crippen LogP contribution in [0.5, 0.6) is 0 Å². The lowest BCUT2D eigenvalue weighted by atomic mass is 10.1. The molecular formula is C16H24ClN3O2. The van der Waals surface area contributed by atoms with E-state index in [0.29, 0.717) is 24.0 Å². The van der Waals surface area contributed by atoms with Gasteiger partial charge >= 0.3 is 6.03 Å². The summed E-state index contributed by atoms with van der Waals surface area (Å²) < 4.78 is 0. The zero-order chi connectivity index (χ0) is 16.5. The minimum absolute atomic E-state index is 0.143. The van der Waals surface area contributed by atoms with Crippen LogP contribution in [0.2, 0.25) is 5.02 Å². The number of nitrogens with one attached hydrogen (secondary N) is 2. The van der Waals surface area contributed by atoms with Crippen LogP contribution in [0.3, 0.4) is 0 Å². The third-order valence-corrected chi connectivity index (χ3v) is 3.25. The highest BCUT2D eigenvalue weighted by atomic mass is 35.5. The van der Waals surface area contributed by atoms with Gasteiger partial charge in [-0.3, -0.25) is 15.0 Å².